The highest BCUT2D eigenvalue weighted by molar-refractivity contribution is 5.79. The predicted octanol–water partition coefficient (Wildman–Crippen LogP) is 3.78. The lowest BCUT2D eigenvalue weighted by Crippen LogP contribution is -2.33. The fourth-order valence-corrected chi connectivity index (χ4v) is 5.13. The molecule has 1 aliphatic carbocycles. The molecule has 0 N–H and O–H groups in total. The van der Waals surface area contributed by atoms with Gasteiger partial charge in [0.25, 0.3) is 0 Å². The average molecular weight is 396 g/mol. The van der Waals surface area contributed by atoms with E-state index in [9.17, 15) is 4.79 Å². The van der Waals surface area contributed by atoms with Crippen molar-refractivity contribution in [3.05, 3.63) is 46.5 Å². The van der Waals surface area contributed by atoms with Crippen LogP contribution in [-0.2, 0) is 9.53 Å². The molecule has 29 heavy (non-hydrogen) atoms. The number of ether oxygens (including phenoxy) is 5. The Balaban J connectivity index is 1.75. The second-order valence-corrected chi connectivity index (χ2v) is 7.97. The summed E-state index contributed by atoms with van der Waals surface area (Å²) in [7, 11) is 3.29. The Labute approximate surface area is 169 Å². The molecule has 2 heterocycles. The zero-order valence-electron chi connectivity index (χ0n) is 17.0. The Hall–Kier alpha value is -2.89. The van der Waals surface area contributed by atoms with Gasteiger partial charge in [0.2, 0.25) is 6.79 Å². The summed E-state index contributed by atoms with van der Waals surface area (Å²) in [6.45, 7) is 4.78. The van der Waals surface area contributed by atoms with Gasteiger partial charge in [0, 0.05) is 17.4 Å². The molecule has 4 atom stereocenters. The van der Waals surface area contributed by atoms with Gasteiger partial charge < -0.3 is 23.7 Å². The lowest BCUT2D eigenvalue weighted by atomic mass is 9.63. The Morgan fingerprint density at radius 1 is 0.931 bits per heavy atom. The van der Waals surface area contributed by atoms with Crippen LogP contribution in [0.2, 0.25) is 0 Å². The number of carbonyl (C=O) groups is 1. The standard InChI is InChI=1S/C23H24O6/c1-11-14-7-19-20(29-10-28-19)8-15(14)21(22-16(11)9-27-23(22)24)13-5-17(25-3)12(2)18(6-13)26-4/h5-8,11,16,21-22H,9-10H2,1-4H3/t11-,16-,21?,22+/m1/s1. The van der Waals surface area contributed by atoms with Crippen molar-refractivity contribution in [2.75, 3.05) is 27.6 Å². The van der Waals surface area contributed by atoms with Crippen LogP contribution in [-0.4, -0.2) is 33.6 Å². The molecule has 0 aromatic heterocycles. The van der Waals surface area contributed by atoms with Crippen LogP contribution in [0.3, 0.4) is 0 Å². The summed E-state index contributed by atoms with van der Waals surface area (Å²) in [5.41, 5.74) is 4.16. The van der Waals surface area contributed by atoms with Gasteiger partial charge in [-0.05, 0) is 53.8 Å². The number of hydrogen-bond donors (Lipinski definition) is 0. The second kappa shape index (κ2) is 6.58. The molecular formula is C23H24O6. The normalized spacial score (nSPS) is 26.6. The van der Waals surface area contributed by atoms with Crippen molar-refractivity contribution in [3.8, 4) is 23.0 Å². The van der Waals surface area contributed by atoms with Gasteiger partial charge in [-0.15, -0.1) is 0 Å². The van der Waals surface area contributed by atoms with Gasteiger partial charge in [-0.1, -0.05) is 6.92 Å². The van der Waals surface area contributed by atoms with Crippen LogP contribution in [0, 0.1) is 18.8 Å². The molecule has 2 aromatic rings. The Bertz CT molecular complexity index is 972. The van der Waals surface area contributed by atoms with E-state index in [-0.39, 0.29) is 36.4 Å². The van der Waals surface area contributed by atoms with Gasteiger partial charge in [-0.3, -0.25) is 4.79 Å². The highest BCUT2D eigenvalue weighted by Crippen LogP contribution is 2.55. The maximum Gasteiger partial charge on any atom is 0.310 e. The van der Waals surface area contributed by atoms with Crippen LogP contribution in [0.15, 0.2) is 24.3 Å². The summed E-state index contributed by atoms with van der Waals surface area (Å²) < 4.78 is 28.0. The molecule has 2 aliphatic heterocycles. The predicted molar refractivity (Wildman–Crippen MR) is 105 cm³/mol. The van der Waals surface area contributed by atoms with Crippen LogP contribution in [0.5, 0.6) is 23.0 Å². The van der Waals surface area contributed by atoms with Gasteiger partial charge in [-0.25, -0.2) is 0 Å². The molecule has 6 heteroatoms. The molecule has 0 spiro atoms. The summed E-state index contributed by atoms with van der Waals surface area (Å²) in [5, 5.41) is 0. The monoisotopic (exact) mass is 396 g/mol. The fraction of sp³-hybridized carbons (Fsp3) is 0.435. The van der Waals surface area contributed by atoms with Crippen molar-refractivity contribution < 1.29 is 28.5 Å². The molecule has 6 nitrogen and oxygen atoms in total. The highest BCUT2D eigenvalue weighted by atomic mass is 16.7. The molecular weight excluding hydrogens is 372 g/mol. The van der Waals surface area contributed by atoms with Gasteiger partial charge in [-0.2, -0.15) is 0 Å². The molecule has 2 aromatic carbocycles. The molecule has 3 aliphatic rings. The first-order valence-corrected chi connectivity index (χ1v) is 9.86. The van der Waals surface area contributed by atoms with E-state index in [2.05, 4.69) is 13.0 Å². The van der Waals surface area contributed by atoms with E-state index in [1.807, 2.05) is 25.1 Å². The second-order valence-electron chi connectivity index (χ2n) is 7.97. The molecule has 0 amide bonds. The molecule has 152 valence electrons. The largest absolute Gasteiger partial charge is 0.496 e. The summed E-state index contributed by atoms with van der Waals surface area (Å²) >= 11 is 0. The Morgan fingerprint density at radius 2 is 1.55 bits per heavy atom. The third kappa shape index (κ3) is 2.58. The summed E-state index contributed by atoms with van der Waals surface area (Å²) in [4.78, 5) is 12.8. The minimum absolute atomic E-state index is 0.110. The number of methoxy groups -OCH3 is 2. The zero-order chi connectivity index (χ0) is 20.3. The molecule has 1 unspecified atom stereocenters. The Kier molecular flexibility index (Phi) is 4.12. The highest BCUT2D eigenvalue weighted by Gasteiger charge is 2.51. The topological polar surface area (TPSA) is 63.2 Å². The van der Waals surface area contributed by atoms with Crippen LogP contribution < -0.4 is 18.9 Å². The third-order valence-corrected chi connectivity index (χ3v) is 6.69. The van der Waals surface area contributed by atoms with Gasteiger partial charge in [0.05, 0.1) is 26.7 Å². The average Bonchev–Trinajstić information content (AvgIpc) is 3.34. The van der Waals surface area contributed by atoms with Crippen LogP contribution in [0.4, 0.5) is 0 Å². The number of hydrogen-bond acceptors (Lipinski definition) is 6. The van der Waals surface area contributed by atoms with Gasteiger partial charge >= 0.3 is 5.97 Å². The van der Waals surface area contributed by atoms with Crippen LogP contribution >= 0.6 is 0 Å². The van der Waals surface area contributed by atoms with E-state index in [1.54, 1.807) is 14.2 Å². The molecule has 1 saturated heterocycles. The minimum atomic E-state index is -0.255. The van der Waals surface area contributed by atoms with Crippen molar-refractivity contribution >= 4 is 5.97 Å². The quantitative estimate of drug-likeness (QED) is 0.736. The van der Waals surface area contributed by atoms with E-state index in [4.69, 9.17) is 23.7 Å². The van der Waals surface area contributed by atoms with Crippen molar-refractivity contribution in [2.45, 2.75) is 25.7 Å². The van der Waals surface area contributed by atoms with E-state index < -0.39 is 0 Å². The molecule has 0 radical (unpaired) electrons. The molecule has 0 bridgehead atoms. The lowest BCUT2D eigenvalue weighted by Gasteiger charge is -2.38. The first-order chi connectivity index (χ1) is 14.0. The SMILES string of the molecule is COc1cc(C2c3cc4c(cc3[C@@H](C)[C@H]3COC(=O)[C@H]23)OCO4)cc(OC)c1C. The van der Waals surface area contributed by atoms with Crippen LogP contribution in [0.1, 0.15) is 41.0 Å². The number of rotatable bonds is 3. The van der Waals surface area contributed by atoms with Crippen molar-refractivity contribution in [1.29, 1.82) is 0 Å². The van der Waals surface area contributed by atoms with E-state index in [1.165, 1.54) is 5.56 Å². The summed E-state index contributed by atoms with van der Waals surface area (Å²) in [6, 6.07) is 8.11. The summed E-state index contributed by atoms with van der Waals surface area (Å²) in [6.07, 6.45) is 0. The third-order valence-electron chi connectivity index (χ3n) is 6.69. The number of fused-ring (bicyclic) bond motifs is 3. The zero-order valence-corrected chi connectivity index (χ0v) is 17.0. The van der Waals surface area contributed by atoms with E-state index in [0.717, 1.165) is 39.7 Å². The minimum Gasteiger partial charge on any atom is -0.496 e. The summed E-state index contributed by atoms with van der Waals surface area (Å²) in [5.74, 6) is 2.68. The van der Waals surface area contributed by atoms with E-state index >= 15 is 0 Å². The van der Waals surface area contributed by atoms with Gasteiger partial charge in [0.1, 0.15) is 11.5 Å². The van der Waals surface area contributed by atoms with Crippen molar-refractivity contribution in [1.82, 2.24) is 0 Å². The van der Waals surface area contributed by atoms with Crippen molar-refractivity contribution in [2.24, 2.45) is 11.8 Å². The van der Waals surface area contributed by atoms with Crippen molar-refractivity contribution in [3.63, 3.8) is 0 Å². The maximum atomic E-state index is 12.8. The van der Waals surface area contributed by atoms with E-state index in [0.29, 0.717) is 6.61 Å². The molecule has 0 saturated carbocycles. The number of esters is 1. The number of carbonyl (C=O) groups excluding carboxylic acids is 1. The Morgan fingerprint density at radius 3 is 2.17 bits per heavy atom. The maximum absolute atomic E-state index is 12.8. The first-order valence-electron chi connectivity index (χ1n) is 9.86. The van der Waals surface area contributed by atoms with Crippen LogP contribution in [0.25, 0.3) is 0 Å². The molecule has 1 fully saturated rings. The first kappa shape index (κ1) is 18.2. The van der Waals surface area contributed by atoms with Gasteiger partial charge in [0.15, 0.2) is 11.5 Å². The smallest absolute Gasteiger partial charge is 0.310 e. The lowest BCUT2D eigenvalue weighted by molar-refractivity contribution is -0.141. The number of cyclic esters (lactones) is 1. The fourth-order valence-electron chi connectivity index (χ4n) is 5.13. The number of benzene rings is 2. The molecule has 5 rings (SSSR count).